The van der Waals surface area contributed by atoms with E-state index in [-0.39, 0.29) is 6.61 Å². The lowest BCUT2D eigenvalue weighted by Crippen LogP contribution is -2.55. The molecule has 0 saturated carbocycles. The fourth-order valence-corrected chi connectivity index (χ4v) is 0.557. The molecule has 0 radical (unpaired) electrons. The van der Waals surface area contributed by atoms with Crippen LogP contribution in [0.1, 0.15) is 6.92 Å². The largest absolute Gasteiger partial charge is 0.479 e. The number of carboxylic acid groups (broad SMARTS) is 1. The molecule has 3 N–H and O–H groups in total. The van der Waals surface area contributed by atoms with Gasteiger partial charge in [-0.1, -0.05) is 12.7 Å². The van der Waals surface area contributed by atoms with Crippen LogP contribution in [0, 0.1) is 0 Å². The van der Waals surface area contributed by atoms with Gasteiger partial charge in [0, 0.05) is 0 Å². The third-order valence-corrected chi connectivity index (χ3v) is 1.50. The molecule has 6 nitrogen and oxygen atoms in total. The minimum atomic E-state index is -1.72. The summed E-state index contributed by atoms with van der Waals surface area (Å²) in [5, 5.41) is 19.4. The molecule has 0 aromatic heterocycles. The van der Waals surface area contributed by atoms with Gasteiger partial charge in [-0.3, -0.25) is 0 Å². The number of nitrogens with one attached hydrogen (secondary N) is 1. The van der Waals surface area contributed by atoms with Gasteiger partial charge in [0.1, 0.15) is 6.61 Å². The van der Waals surface area contributed by atoms with Crippen molar-refractivity contribution < 1.29 is 24.5 Å². The smallest absolute Gasteiger partial charge is 0.408 e. The van der Waals surface area contributed by atoms with Crippen LogP contribution in [0.2, 0.25) is 0 Å². The molecule has 6 heteroatoms. The molecule has 0 aromatic carbocycles. The second kappa shape index (κ2) is 5.23. The van der Waals surface area contributed by atoms with Crippen LogP contribution in [0.3, 0.4) is 0 Å². The molecule has 0 fully saturated rings. The summed E-state index contributed by atoms with van der Waals surface area (Å²) in [5.41, 5.74) is -1.72. The maximum atomic E-state index is 10.9. The monoisotopic (exact) mass is 203 g/mol. The van der Waals surface area contributed by atoms with Gasteiger partial charge in [-0.25, -0.2) is 9.59 Å². The zero-order valence-electron chi connectivity index (χ0n) is 7.82. The van der Waals surface area contributed by atoms with Crippen molar-refractivity contribution in [2.45, 2.75) is 12.5 Å². The Morgan fingerprint density at radius 2 is 2.21 bits per heavy atom. The molecular formula is C8H13NO5. The molecule has 80 valence electrons. The molecule has 0 aliphatic carbocycles. The van der Waals surface area contributed by atoms with Crippen LogP contribution >= 0.6 is 0 Å². The van der Waals surface area contributed by atoms with E-state index in [1.54, 1.807) is 0 Å². The Balaban J connectivity index is 4.24. The number of carbonyl (C=O) groups is 2. The average Bonchev–Trinajstić information content (AvgIpc) is 2.14. The fraction of sp³-hybridized carbons (Fsp3) is 0.500. The van der Waals surface area contributed by atoms with Crippen molar-refractivity contribution >= 4 is 12.1 Å². The van der Waals surface area contributed by atoms with E-state index in [9.17, 15) is 9.59 Å². The van der Waals surface area contributed by atoms with Crippen LogP contribution in [0.25, 0.3) is 0 Å². The summed E-state index contributed by atoms with van der Waals surface area (Å²) in [7, 11) is 0. The van der Waals surface area contributed by atoms with Crippen LogP contribution in [0.15, 0.2) is 12.7 Å². The van der Waals surface area contributed by atoms with Crippen molar-refractivity contribution in [2.24, 2.45) is 0 Å². The lowest BCUT2D eigenvalue weighted by atomic mass is 10.1. The van der Waals surface area contributed by atoms with Gasteiger partial charge >= 0.3 is 12.1 Å². The first kappa shape index (κ1) is 12.4. The molecule has 14 heavy (non-hydrogen) atoms. The van der Waals surface area contributed by atoms with E-state index >= 15 is 0 Å². The zero-order chi connectivity index (χ0) is 11.2. The van der Waals surface area contributed by atoms with Crippen molar-refractivity contribution in [1.82, 2.24) is 5.32 Å². The van der Waals surface area contributed by atoms with Crippen molar-refractivity contribution in [3.63, 3.8) is 0 Å². The Labute approximate surface area is 81.2 Å². The predicted octanol–water partition coefficient (Wildman–Crippen LogP) is -0.266. The molecule has 0 aliphatic rings. The summed E-state index contributed by atoms with van der Waals surface area (Å²) in [6.45, 7) is 3.75. The van der Waals surface area contributed by atoms with Gasteiger partial charge in [0.25, 0.3) is 0 Å². The lowest BCUT2D eigenvalue weighted by molar-refractivity contribution is -0.145. The number of aliphatic hydroxyl groups excluding tert-OH is 1. The Bertz CT molecular complexity index is 240. The van der Waals surface area contributed by atoms with E-state index in [4.69, 9.17) is 10.2 Å². The molecule has 0 unspecified atom stereocenters. The number of rotatable bonds is 5. The normalized spacial score (nSPS) is 13.9. The lowest BCUT2D eigenvalue weighted by Gasteiger charge is -2.22. The van der Waals surface area contributed by atoms with Crippen molar-refractivity contribution in [1.29, 1.82) is 0 Å². The fourth-order valence-electron chi connectivity index (χ4n) is 0.557. The predicted molar refractivity (Wildman–Crippen MR) is 47.8 cm³/mol. The number of alkyl carbamates (subject to hydrolysis) is 1. The second-order valence-corrected chi connectivity index (χ2v) is 2.81. The van der Waals surface area contributed by atoms with Crippen LogP contribution in [0.4, 0.5) is 4.79 Å². The molecule has 0 aromatic rings. The Morgan fingerprint density at radius 3 is 2.57 bits per heavy atom. The van der Waals surface area contributed by atoms with E-state index in [2.05, 4.69) is 11.3 Å². The second-order valence-electron chi connectivity index (χ2n) is 2.81. The zero-order valence-corrected chi connectivity index (χ0v) is 7.82. The molecule has 1 amide bonds. The third-order valence-electron chi connectivity index (χ3n) is 1.50. The first-order valence-corrected chi connectivity index (χ1v) is 3.86. The highest BCUT2D eigenvalue weighted by Gasteiger charge is 2.34. The number of hydrogen-bond donors (Lipinski definition) is 3. The standard InChI is InChI=1S/C8H13NO5/c1-3-4-14-7(13)9-8(2,5-10)6(11)12/h3,10H,1,4-5H2,2H3,(H,9,13)(H,11,12)/t8-/m0/s1. The molecule has 0 bridgehead atoms. The number of hydrogen-bond acceptors (Lipinski definition) is 4. The number of ether oxygens (including phenoxy) is 1. The maximum absolute atomic E-state index is 10.9. The minimum absolute atomic E-state index is 0.0209. The summed E-state index contributed by atoms with van der Waals surface area (Å²) >= 11 is 0. The maximum Gasteiger partial charge on any atom is 0.408 e. The van der Waals surface area contributed by atoms with Gasteiger partial charge in [0.15, 0.2) is 5.54 Å². The third kappa shape index (κ3) is 3.44. The van der Waals surface area contributed by atoms with Gasteiger partial charge in [-0.15, -0.1) is 0 Å². The van der Waals surface area contributed by atoms with E-state index in [1.807, 2.05) is 5.32 Å². The van der Waals surface area contributed by atoms with Gasteiger partial charge in [-0.05, 0) is 6.92 Å². The van der Waals surface area contributed by atoms with Gasteiger partial charge < -0.3 is 20.3 Å². The molecule has 0 rings (SSSR count). The number of carboxylic acids is 1. The quantitative estimate of drug-likeness (QED) is 0.535. The van der Waals surface area contributed by atoms with E-state index in [0.29, 0.717) is 0 Å². The van der Waals surface area contributed by atoms with E-state index in [0.717, 1.165) is 0 Å². The topological polar surface area (TPSA) is 95.9 Å². The summed E-state index contributed by atoms with van der Waals surface area (Å²) in [6, 6.07) is 0. The van der Waals surface area contributed by atoms with Crippen molar-refractivity contribution in [3.8, 4) is 0 Å². The highest BCUT2D eigenvalue weighted by Crippen LogP contribution is 2.02. The summed E-state index contributed by atoms with van der Waals surface area (Å²) in [5.74, 6) is -1.34. The Morgan fingerprint density at radius 1 is 1.64 bits per heavy atom. The molecule has 0 saturated heterocycles. The van der Waals surface area contributed by atoms with Crippen LogP contribution in [-0.4, -0.2) is 41.0 Å². The number of carbonyl (C=O) groups excluding carboxylic acids is 1. The summed E-state index contributed by atoms with van der Waals surface area (Å²) in [4.78, 5) is 21.5. The van der Waals surface area contributed by atoms with Crippen LogP contribution in [-0.2, 0) is 9.53 Å². The molecule has 0 aliphatic heterocycles. The van der Waals surface area contributed by atoms with Crippen LogP contribution < -0.4 is 5.32 Å². The number of aliphatic hydroxyl groups is 1. The average molecular weight is 203 g/mol. The Hall–Kier alpha value is -1.56. The highest BCUT2D eigenvalue weighted by molar-refractivity contribution is 5.84. The van der Waals surface area contributed by atoms with Gasteiger partial charge in [0.2, 0.25) is 0 Å². The van der Waals surface area contributed by atoms with Gasteiger partial charge in [0.05, 0.1) is 6.61 Å². The Kier molecular flexibility index (Phi) is 4.65. The SMILES string of the molecule is C=CCOC(=O)N[C@@](C)(CO)C(=O)O. The highest BCUT2D eigenvalue weighted by atomic mass is 16.5. The van der Waals surface area contributed by atoms with Crippen molar-refractivity contribution in [3.05, 3.63) is 12.7 Å². The molecule has 1 atom stereocenters. The first-order chi connectivity index (χ1) is 6.46. The van der Waals surface area contributed by atoms with Gasteiger partial charge in [-0.2, -0.15) is 0 Å². The molecular weight excluding hydrogens is 190 g/mol. The summed E-state index contributed by atoms with van der Waals surface area (Å²) < 4.78 is 4.50. The number of amides is 1. The molecule has 0 heterocycles. The van der Waals surface area contributed by atoms with Crippen LogP contribution in [0.5, 0.6) is 0 Å². The summed E-state index contributed by atoms with van der Waals surface area (Å²) in [6.07, 6.45) is 0.431. The van der Waals surface area contributed by atoms with E-state index < -0.39 is 24.2 Å². The van der Waals surface area contributed by atoms with Crippen molar-refractivity contribution in [2.75, 3.05) is 13.2 Å². The van der Waals surface area contributed by atoms with E-state index in [1.165, 1.54) is 13.0 Å². The first-order valence-electron chi connectivity index (χ1n) is 3.86. The minimum Gasteiger partial charge on any atom is -0.479 e. The molecule has 0 spiro atoms. The number of aliphatic carboxylic acids is 1.